The van der Waals surface area contributed by atoms with Crippen LogP contribution in [0.1, 0.15) is 36.1 Å². The van der Waals surface area contributed by atoms with Crippen molar-refractivity contribution in [3.63, 3.8) is 0 Å². The molecule has 0 aliphatic heterocycles. The highest BCUT2D eigenvalue weighted by atomic mass is 16.2. The van der Waals surface area contributed by atoms with Gasteiger partial charge in [0.25, 0.3) is 0 Å². The van der Waals surface area contributed by atoms with E-state index in [1.54, 1.807) is 4.90 Å². The molecule has 2 rings (SSSR count). The van der Waals surface area contributed by atoms with Crippen LogP contribution in [-0.4, -0.2) is 17.9 Å². The molecule has 0 saturated carbocycles. The predicted octanol–water partition coefficient (Wildman–Crippen LogP) is 3.30. The Morgan fingerprint density at radius 1 is 1.05 bits per heavy atom. The van der Waals surface area contributed by atoms with Gasteiger partial charge in [-0.2, -0.15) is 0 Å². The zero-order chi connectivity index (χ0) is 15.9. The van der Waals surface area contributed by atoms with Gasteiger partial charge in [-0.1, -0.05) is 61.5 Å². The number of amides is 1. The first-order valence-corrected chi connectivity index (χ1v) is 7.72. The monoisotopic (exact) mass is 296 g/mol. The predicted molar refractivity (Wildman–Crippen MR) is 90.3 cm³/mol. The quantitative estimate of drug-likeness (QED) is 0.889. The third-order valence-corrected chi connectivity index (χ3v) is 3.90. The van der Waals surface area contributed by atoms with Gasteiger partial charge < -0.3 is 10.6 Å². The Bertz CT molecular complexity index is 593. The molecule has 3 nitrogen and oxygen atoms in total. The van der Waals surface area contributed by atoms with E-state index in [4.69, 9.17) is 5.73 Å². The van der Waals surface area contributed by atoms with E-state index in [0.29, 0.717) is 13.0 Å². The number of aryl methyl sites for hydroxylation is 1. The van der Waals surface area contributed by atoms with Crippen molar-refractivity contribution in [1.82, 2.24) is 4.90 Å². The lowest BCUT2D eigenvalue weighted by molar-refractivity contribution is -0.130. The third-order valence-electron chi connectivity index (χ3n) is 3.90. The second-order valence-electron chi connectivity index (χ2n) is 5.64. The minimum Gasteiger partial charge on any atom is -0.341 e. The summed E-state index contributed by atoms with van der Waals surface area (Å²) >= 11 is 0. The zero-order valence-corrected chi connectivity index (χ0v) is 13.3. The highest BCUT2D eigenvalue weighted by molar-refractivity contribution is 5.76. The van der Waals surface area contributed by atoms with Crippen molar-refractivity contribution in [1.29, 1.82) is 0 Å². The molecule has 0 aliphatic rings. The topological polar surface area (TPSA) is 46.3 Å². The minimum atomic E-state index is -0.251. The first-order valence-electron chi connectivity index (χ1n) is 7.72. The Labute approximate surface area is 132 Å². The molecule has 1 atom stereocenters. The molecule has 2 aromatic carbocycles. The number of rotatable bonds is 6. The molecule has 0 bridgehead atoms. The van der Waals surface area contributed by atoms with E-state index in [1.165, 1.54) is 5.56 Å². The lowest BCUT2D eigenvalue weighted by Crippen LogP contribution is -2.29. The van der Waals surface area contributed by atoms with Gasteiger partial charge in [0.1, 0.15) is 0 Å². The summed E-state index contributed by atoms with van der Waals surface area (Å²) in [5, 5.41) is 0. The van der Waals surface area contributed by atoms with Gasteiger partial charge in [0.2, 0.25) is 5.91 Å². The van der Waals surface area contributed by atoms with Crippen molar-refractivity contribution in [3.8, 4) is 0 Å². The molecule has 3 heteroatoms. The number of carbonyl (C=O) groups excluding carboxylic acids is 1. The van der Waals surface area contributed by atoms with Crippen LogP contribution in [0.15, 0.2) is 54.6 Å². The molecular formula is C19H24N2O. The molecule has 2 N–H and O–H groups in total. The molecule has 0 aromatic heterocycles. The van der Waals surface area contributed by atoms with E-state index in [-0.39, 0.29) is 11.9 Å². The first-order chi connectivity index (χ1) is 10.6. The maximum Gasteiger partial charge on any atom is 0.224 e. The SMILES string of the molecule is CCc1ccc(CN(C)C(=O)CC(N)c2ccccc2)cc1. The van der Waals surface area contributed by atoms with Crippen molar-refractivity contribution >= 4 is 5.91 Å². The lowest BCUT2D eigenvalue weighted by atomic mass is 10.0. The van der Waals surface area contributed by atoms with Gasteiger partial charge in [-0.3, -0.25) is 4.79 Å². The van der Waals surface area contributed by atoms with Crippen LogP contribution in [0.25, 0.3) is 0 Å². The minimum absolute atomic E-state index is 0.0657. The van der Waals surface area contributed by atoms with Gasteiger partial charge in [0.05, 0.1) is 0 Å². The number of hydrogen-bond acceptors (Lipinski definition) is 2. The fraction of sp³-hybridized carbons (Fsp3) is 0.316. The van der Waals surface area contributed by atoms with Crippen LogP contribution < -0.4 is 5.73 Å². The Kier molecular flexibility index (Phi) is 5.73. The summed E-state index contributed by atoms with van der Waals surface area (Å²) in [5.74, 6) is 0.0657. The third kappa shape index (κ3) is 4.43. The summed E-state index contributed by atoms with van der Waals surface area (Å²) in [7, 11) is 1.83. The molecule has 22 heavy (non-hydrogen) atoms. The number of nitrogens with two attached hydrogens (primary N) is 1. The number of nitrogens with zero attached hydrogens (tertiary/aromatic N) is 1. The molecule has 116 valence electrons. The molecule has 0 saturated heterocycles. The summed E-state index contributed by atoms with van der Waals surface area (Å²) in [5.41, 5.74) is 9.56. The second-order valence-corrected chi connectivity index (χ2v) is 5.64. The van der Waals surface area contributed by atoms with Gasteiger partial charge in [-0.15, -0.1) is 0 Å². The van der Waals surface area contributed by atoms with Crippen molar-refractivity contribution in [2.24, 2.45) is 5.73 Å². The summed E-state index contributed by atoms with van der Waals surface area (Å²) in [6.45, 7) is 2.75. The lowest BCUT2D eigenvalue weighted by Gasteiger charge is -2.20. The molecule has 2 aromatic rings. The molecule has 1 amide bonds. The molecule has 0 spiro atoms. The molecule has 0 radical (unpaired) electrons. The van der Waals surface area contributed by atoms with Crippen LogP contribution in [0.5, 0.6) is 0 Å². The molecule has 0 aliphatic carbocycles. The molecule has 0 fully saturated rings. The van der Waals surface area contributed by atoms with Crippen molar-refractivity contribution in [2.75, 3.05) is 7.05 Å². The summed E-state index contributed by atoms with van der Waals surface area (Å²) in [6.07, 6.45) is 1.36. The standard InChI is InChI=1S/C19H24N2O/c1-3-15-9-11-16(12-10-15)14-21(2)19(22)13-18(20)17-7-5-4-6-8-17/h4-12,18H,3,13-14,20H2,1-2H3. The highest BCUT2D eigenvalue weighted by Gasteiger charge is 2.15. The van der Waals surface area contributed by atoms with E-state index in [9.17, 15) is 4.79 Å². The van der Waals surface area contributed by atoms with Gasteiger partial charge in [-0.05, 0) is 23.1 Å². The number of benzene rings is 2. The van der Waals surface area contributed by atoms with Gasteiger partial charge >= 0.3 is 0 Å². The average Bonchev–Trinajstić information content (AvgIpc) is 2.56. The highest BCUT2D eigenvalue weighted by Crippen LogP contribution is 2.15. The Morgan fingerprint density at radius 2 is 1.64 bits per heavy atom. The van der Waals surface area contributed by atoms with Crippen LogP contribution >= 0.6 is 0 Å². The smallest absolute Gasteiger partial charge is 0.224 e. The van der Waals surface area contributed by atoms with E-state index in [1.807, 2.05) is 37.4 Å². The van der Waals surface area contributed by atoms with E-state index in [0.717, 1.165) is 17.5 Å². The van der Waals surface area contributed by atoms with Crippen molar-refractivity contribution in [2.45, 2.75) is 32.4 Å². The van der Waals surface area contributed by atoms with Crippen LogP contribution in [0.4, 0.5) is 0 Å². The normalized spacial score (nSPS) is 12.0. The Hall–Kier alpha value is -2.13. The second kappa shape index (κ2) is 7.76. The van der Waals surface area contributed by atoms with Gasteiger partial charge in [0, 0.05) is 26.1 Å². The maximum absolute atomic E-state index is 12.3. The summed E-state index contributed by atoms with van der Waals surface area (Å²) in [4.78, 5) is 14.0. The Balaban J connectivity index is 1.91. The van der Waals surface area contributed by atoms with Crippen molar-refractivity contribution < 1.29 is 4.79 Å². The van der Waals surface area contributed by atoms with Gasteiger partial charge in [0.15, 0.2) is 0 Å². The maximum atomic E-state index is 12.3. The average molecular weight is 296 g/mol. The fourth-order valence-corrected chi connectivity index (χ4v) is 2.40. The van der Waals surface area contributed by atoms with Crippen LogP contribution in [0, 0.1) is 0 Å². The molecule has 0 heterocycles. The fourth-order valence-electron chi connectivity index (χ4n) is 2.40. The van der Waals surface area contributed by atoms with E-state index in [2.05, 4.69) is 31.2 Å². The zero-order valence-electron chi connectivity index (χ0n) is 13.3. The van der Waals surface area contributed by atoms with E-state index >= 15 is 0 Å². The number of carbonyl (C=O) groups is 1. The largest absolute Gasteiger partial charge is 0.341 e. The van der Waals surface area contributed by atoms with Gasteiger partial charge in [-0.25, -0.2) is 0 Å². The summed E-state index contributed by atoms with van der Waals surface area (Å²) < 4.78 is 0. The first kappa shape index (κ1) is 16.2. The van der Waals surface area contributed by atoms with Crippen LogP contribution in [-0.2, 0) is 17.8 Å². The Morgan fingerprint density at radius 3 is 2.23 bits per heavy atom. The van der Waals surface area contributed by atoms with Crippen LogP contribution in [0.3, 0.4) is 0 Å². The number of hydrogen-bond donors (Lipinski definition) is 1. The van der Waals surface area contributed by atoms with Crippen LogP contribution in [0.2, 0.25) is 0 Å². The summed E-state index contributed by atoms with van der Waals surface area (Å²) in [6, 6.07) is 17.9. The van der Waals surface area contributed by atoms with Crippen molar-refractivity contribution in [3.05, 3.63) is 71.3 Å². The molecule has 1 unspecified atom stereocenters. The van der Waals surface area contributed by atoms with E-state index < -0.39 is 0 Å². The molecular weight excluding hydrogens is 272 g/mol.